The minimum Gasteiger partial charge on any atom is -0.494 e. The van der Waals surface area contributed by atoms with Crippen molar-refractivity contribution >= 4 is 40.3 Å². The number of nitro groups is 1. The Morgan fingerprint density at radius 1 is 1.07 bits per heavy atom. The van der Waals surface area contributed by atoms with Crippen molar-refractivity contribution in [3.05, 3.63) is 70.0 Å². The van der Waals surface area contributed by atoms with E-state index < -0.39 is 4.92 Å². The standard InChI is InChI=1S/C18H16ClN5O3/c1-2-27-15-8-6-13(7-9-15)22-17-16(24(25)26)18(21-11-20-17)23-14-5-3-4-12(19)10-14/h3-11H,2H2,1H3,(H2,20,21,22,23). The molecule has 1 heterocycles. The molecule has 0 saturated heterocycles. The van der Waals surface area contributed by atoms with Gasteiger partial charge in [-0.3, -0.25) is 10.1 Å². The van der Waals surface area contributed by atoms with E-state index in [0.717, 1.165) is 0 Å². The van der Waals surface area contributed by atoms with Gasteiger partial charge in [-0.25, -0.2) is 9.97 Å². The average Bonchev–Trinajstić information content (AvgIpc) is 2.63. The van der Waals surface area contributed by atoms with E-state index in [1.54, 1.807) is 48.5 Å². The fourth-order valence-electron chi connectivity index (χ4n) is 2.38. The van der Waals surface area contributed by atoms with Crippen LogP contribution in [0.1, 0.15) is 6.92 Å². The highest BCUT2D eigenvalue weighted by molar-refractivity contribution is 6.30. The van der Waals surface area contributed by atoms with Gasteiger partial charge in [-0.1, -0.05) is 17.7 Å². The first-order valence-corrected chi connectivity index (χ1v) is 8.46. The Balaban J connectivity index is 1.90. The number of ether oxygens (including phenoxy) is 1. The molecule has 0 bridgehead atoms. The maximum atomic E-state index is 11.6. The van der Waals surface area contributed by atoms with Crippen molar-refractivity contribution in [3.63, 3.8) is 0 Å². The highest BCUT2D eigenvalue weighted by Crippen LogP contribution is 2.33. The molecule has 2 N–H and O–H groups in total. The van der Waals surface area contributed by atoms with E-state index in [4.69, 9.17) is 16.3 Å². The summed E-state index contributed by atoms with van der Waals surface area (Å²) in [5, 5.41) is 18.0. The highest BCUT2D eigenvalue weighted by Gasteiger charge is 2.23. The van der Waals surface area contributed by atoms with Crippen molar-refractivity contribution in [2.45, 2.75) is 6.92 Å². The molecule has 0 amide bonds. The Hall–Kier alpha value is -3.39. The maximum Gasteiger partial charge on any atom is 0.353 e. The predicted octanol–water partition coefficient (Wildman–Crippen LogP) is 4.92. The Bertz CT molecular complexity index is 950. The number of anilines is 4. The van der Waals surface area contributed by atoms with Gasteiger partial charge in [0.1, 0.15) is 12.1 Å². The van der Waals surface area contributed by atoms with E-state index in [2.05, 4.69) is 20.6 Å². The lowest BCUT2D eigenvalue weighted by atomic mass is 10.3. The number of rotatable bonds is 7. The molecule has 9 heteroatoms. The van der Waals surface area contributed by atoms with Gasteiger partial charge < -0.3 is 15.4 Å². The van der Waals surface area contributed by atoms with Crippen molar-refractivity contribution < 1.29 is 9.66 Å². The molecule has 0 saturated carbocycles. The lowest BCUT2D eigenvalue weighted by molar-refractivity contribution is -0.383. The largest absolute Gasteiger partial charge is 0.494 e. The summed E-state index contributed by atoms with van der Waals surface area (Å²) < 4.78 is 5.39. The van der Waals surface area contributed by atoms with Crippen molar-refractivity contribution in [1.82, 2.24) is 9.97 Å². The van der Waals surface area contributed by atoms with Crippen molar-refractivity contribution in [3.8, 4) is 5.75 Å². The second-order valence-electron chi connectivity index (χ2n) is 5.39. The van der Waals surface area contributed by atoms with Gasteiger partial charge in [0.25, 0.3) is 0 Å². The first kappa shape index (κ1) is 18.4. The first-order chi connectivity index (χ1) is 13.1. The quantitative estimate of drug-likeness (QED) is 0.439. The summed E-state index contributed by atoms with van der Waals surface area (Å²) >= 11 is 5.96. The van der Waals surface area contributed by atoms with Crippen LogP contribution < -0.4 is 15.4 Å². The van der Waals surface area contributed by atoms with Gasteiger partial charge in [0, 0.05) is 16.4 Å². The first-order valence-electron chi connectivity index (χ1n) is 8.08. The van der Waals surface area contributed by atoms with Gasteiger partial charge in [0.05, 0.1) is 11.5 Å². The molecular formula is C18H16ClN5O3. The summed E-state index contributed by atoms with van der Waals surface area (Å²) in [5.74, 6) is 0.845. The molecule has 2 aromatic carbocycles. The van der Waals surface area contributed by atoms with Gasteiger partial charge in [-0.05, 0) is 49.4 Å². The lowest BCUT2D eigenvalue weighted by Gasteiger charge is -2.11. The van der Waals surface area contributed by atoms with E-state index in [1.807, 2.05) is 6.92 Å². The van der Waals surface area contributed by atoms with Crippen molar-refractivity contribution in [2.24, 2.45) is 0 Å². The predicted molar refractivity (Wildman–Crippen MR) is 104 cm³/mol. The minimum absolute atomic E-state index is 0.0608. The Morgan fingerprint density at radius 2 is 1.74 bits per heavy atom. The lowest BCUT2D eigenvalue weighted by Crippen LogP contribution is -2.05. The Labute approximate surface area is 160 Å². The van der Waals surface area contributed by atoms with Gasteiger partial charge in [0.2, 0.25) is 11.6 Å². The van der Waals surface area contributed by atoms with Crippen LogP contribution in [0.5, 0.6) is 5.75 Å². The number of nitrogens with zero attached hydrogens (tertiary/aromatic N) is 3. The molecule has 8 nitrogen and oxygen atoms in total. The van der Waals surface area contributed by atoms with Gasteiger partial charge >= 0.3 is 5.69 Å². The molecular weight excluding hydrogens is 370 g/mol. The van der Waals surface area contributed by atoms with Gasteiger partial charge in [0.15, 0.2) is 0 Å². The van der Waals surface area contributed by atoms with Crippen LogP contribution in [0.3, 0.4) is 0 Å². The summed E-state index contributed by atoms with van der Waals surface area (Å²) in [7, 11) is 0. The number of benzene rings is 2. The third-order valence-electron chi connectivity index (χ3n) is 3.52. The molecule has 138 valence electrons. The van der Waals surface area contributed by atoms with Gasteiger partial charge in [-0.15, -0.1) is 0 Å². The zero-order valence-corrected chi connectivity index (χ0v) is 15.1. The van der Waals surface area contributed by atoms with Crippen LogP contribution in [0, 0.1) is 10.1 Å². The van der Waals surface area contributed by atoms with E-state index >= 15 is 0 Å². The summed E-state index contributed by atoms with van der Waals surface area (Å²) in [6, 6.07) is 13.9. The third kappa shape index (κ3) is 4.62. The third-order valence-corrected chi connectivity index (χ3v) is 3.76. The summed E-state index contributed by atoms with van der Waals surface area (Å²) in [6.45, 7) is 2.45. The van der Waals surface area contributed by atoms with Crippen LogP contribution in [-0.2, 0) is 0 Å². The Morgan fingerprint density at radius 3 is 2.33 bits per heavy atom. The smallest absolute Gasteiger partial charge is 0.353 e. The monoisotopic (exact) mass is 385 g/mol. The summed E-state index contributed by atoms with van der Waals surface area (Å²) in [4.78, 5) is 19.1. The normalized spacial score (nSPS) is 10.3. The fourth-order valence-corrected chi connectivity index (χ4v) is 2.57. The second kappa shape index (κ2) is 8.33. The zero-order valence-electron chi connectivity index (χ0n) is 14.3. The molecule has 0 radical (unpaired) electrons. The SMILES string of the molecule is CCOc1ccc(Nc2ncnc(Nc3cccc(Cl)c3)c2[N+](=O)[O-])cc1. The van der Waals surface area contributed by atoms with Crippen molar-refractivity contribution in [2.75, 3.05) is 17.2 Å². The van der Waals surface area contributed by atoms with E-state index in [0.29, 0.717) is 28.8 Å². The van der Waals surface area contributed by atoms with Crippen LogP contribution >= 0.6 is 11.6 Å². The number of nitrogens with one attached hydrogen (secondary N) is 2. The minimum atomic E-state index is -0.538. The molecule has 0 aliphatic heterocycles. The van der Waals surface area contributed by atoms with Crippen LogP contribution in [0.4, 0.5) is 28.7 Å². The number of hydrogen-bond acceptors (Lipinski definition) is 7. The number of aromatic nitrogens is 2. The maximum absolute atomic E-state index is 11.6. The topological polar surface area (TPSA) is 102 Å². The average molecular weight is 386 g/mol. The summed E-state index contributed by atoms with van der Waals surface area (Å²) in [5.41, 5.74) is 0.941. The number of halogens is 1. The molecule has 0 aliphatic carbocycles. The fraction of sp³-hybridized carbons (Fsp3) is 0.111. The summed E-state index contributed by atoms with van der Waals surface area (Å²) in [6.07, 6.45) is 1.25. The van der Waals surface area contributed by atoms with Crippen LogP contribution in [-0.4, -0.2) is 21.5 Å². The van der Waals surface area contributed by atoms with Gasteiger partial charge in [-0.2, -0.15) is 0 Å². The van der Waals surface area contributed by atoms with Crippen LogP contribution in [0.25, 0.3) is 0 Å². The van der Waals surface area contributed by atoms with E-state index in [9.17, 15) is 10.1 Å². The van der Waals surface area contributed by atoms with Crippen LogP contribution in [0.15, 0.2) is 54.9 Å². The molecule has 27 heavy (non-hydrogen) atoms. The molecule has 0 unspecified atom stereocenters. The molecule has 1 aromatic heterocycles. The zero-order chi connectivity index (χ0) is 19.2. The molecule has 0 aliphatic rings. The molecule has 0 spiro atoms. The van der Waals surface area contributed by atoms with Crippen molar-refractivity contribution in [1.29, 1.82) is 0 Å². The van der Waals surface area contributed by atoms with E-state index in [1.165, 1.54) is 6.33 Å². The molecule has 0 fully saturated rings. The van der Waals surface area contributed by atoms with E-state index in [-0.39, 0.29) is 17.3 Å². The second-order valence-corrected chi connectivity index (χ2v) is 5.83. The highest BCUT2D eigenvalue weighted by atomic mass is 35.5. The van der Waals surface area contributed by atoms with Crippen LogP contribution in [0.2, 0.25) is 5.02 Å². The molecule has 3 aromatic rings. The number of hydrogen-bond donors (Lipinski definition) is 2. The Kier molecular flexibility index (Phi) is 5.68. The molecule has 3 rings (SSSR count). The molecule has 0 atom stereocenters.